The quantitative estimate of drug-likeness (QED) is 0.627. The first-order chi connectivity index (χ1) is 9.79. The molecule has 1 amide bonds. The zero-order chi connectivity index (χ0) is 14.2. The van der Waals surface area contributed by atoms with Crippen LogP contribution in [0, 0.1) is 0 Å². The number of carbonyl (C=O) groups excluding carboxylic acids is 1. The molecule has 1 aromatic carbocycles. The zero-order valence-corrected chi connectivity index (χ0v) is 13.1. The molecule has 0 unspecified atom stereocenters. The Morgan fingerprint density at radius 3 is 2.86 bits per heavy atom. The molecule has 0 atom stereocenters. The third-order valence-electron chi connectivity index (χ3n) is 3.37. The van der Waals surface area contributed by atoms with Crippen LogP contribution in [0.2, 0.25) is 0 Å². The molecule has 1 aliphatic heterocycles. The Balaban J connectivity index is 0.00000220. The summed E-state index contributed by atoms with van der Waals surface area (Å²) in [6.45, 7) is 5.30. The van der Waals surface area contributed by atoms with Crippen LogP contribution in [0.1, 0.15) is 16.8 Å². The van der Waals surface area contributed by atoms with Crippen LogP contribution < -0.4 is 22.5 Å². The molecule has 1 heterocycles. The minimum atomic E-state index is -0.0501. The van der Waals surface area contributed by atoms with E-state index in [1.165, 1.54) is 0 Å². The molecule has 0 aliphatic carbocycles. The van der Waals surface area contributed by atoms with Crippen molar-refractivity contribution in [2.45, 2.75) is 6.42 Å². The predicted molar refractivity (Wildman–Crippen MR) is 77.2 cm³/mol. The van der Waals surface area contributed by atoms with Gasteiger partial charge in [-0.25, -0.2) is 0 Å². The first-order valence-electron chi connectivity index (χ1n) is 7.02. The molecule has 0 spiro atoms. The smallest absolute Gasteiger partial charge is 0.251 e. The average Bonchev–Trinajstić information content (AvgIpc) is 2.52. The summed E-state index contributed by atoms with van der Waals surface area (Å²) >= 11 is 0. The monoisotopic (exact) mass is 313 g/mol. The number of morpholine rings is 1. The number of rotatable bonds is 6. The van der Waals surface area contributed by atoms with Crippen LogP contribution in [0.4, 0.5) is 0 Å². The number of nitrogens with one attached hydrogen (secondary N) is 1. The van der Waals surface area contributed by atoms with Crippen molar-refractivity contribution in [3.63, 3.8) is 0 Å². The number of hydrogen-bond acceptors (Lipinski definition) is 4. The van der Waals surface area contributed by atoms with Crippen molar-refractivity contribution in [2.24, 2.45) is 0 Å². The Morgan fingerprint density at radius 1 is 1.38 bits per heavy atom. The standard InChI is InChI=1S/C15H22N2O3.ClH/c1-19-14-5-2-4-13(12-14)15(18)16-6-3-7-17-8-10-20-11-9-17;/h2,4-5,12H,3,6-11H2,1H3,(H,16,18);1H/p-1. The summed E-state index contributed by atoms with van der Waals surface area (Å²) in [4.78, 5) is 14.3. The lowest BCUT2D eigenvalue weighted by Crippen LogP contribution is -3.00. The summed E-state index contributed by atoms with van der Waals surface area (Å²) in [7, 11) is 1.60. The van der Waals surface area contributed by atoms with Crippen molar-refractivity contribution in [3.05, 3.63) is 29.8 Å². The first-order valence-corrected chi connectivity index (χ1v) is 7.02. The molecular formula is C15H22ClN2O3-. The number of halogens is 1. The minimum absolute atomic E-state index is 0. The summed E-state index contributed by atoms with van der Waals surface area (Å²) in [5.41, 5.74) is 0.635. The Kier molecular flexibility index (Phi) is 8.12. The van der Waals surface area contributed by atoms with Crippen LogP contribution in [-0.4, -0.2) is 57.3 Å². The molecule has 1 saturated heterocycles. The van der Waals surface area contributed by atoms with Crippen LogP contribution in [0.25, 0.3) is 0 Å². The second-order valence-corrected chi connectivity index (χ2v) is 4.80. The van der Waals surface area contributed by atoms with Gasteiger partial charge in [0.15, 0.2) is 0 Å². The van der Waals surface area contributed by atoms with Crippen LogP contribution in [0.5, 0.6) is 5.75 Å². The zero-order valence-electron chi connectivity index (χ0n) is 12.3. The van der Waals surface area contributed by atoms with Gasteiger partial charge in [-0.1, -0.05) is 6.07 Å². The molecule has 5 nitrogen and oxygen atoms in total. The van der Waals surface area contributed by atoms with Gasteiger partial charge in [0.2, 0.25) is 0 Å². The average molecular weight is 314 g/mol. The molecule has 1 fully saturated rings. The maximum absolute atomic E-state index is 12.0. The Hall–Kier alpha value is -1.30. The van der Waals surface area contributed by atoms with Gasteiger partial charge in [-0.05, 0) is 31.2 Å². The normalized spacial score (nSPS) is 15.1. The molecule has 21 heavy (non-hydrogen) atoms. The summed E-state index contributed by atoms with van der Waals surface area (Å²) in [6, 6.07) is 7.19. The van der Waals surface area contributed by atoms with Gasteiger partial charge in [0.25, 0.3) is 5.91 Å². The second-order valence-electron chi connectivity index (χ2n) is 4.80. The van der Waals surface area contributed by atoms with Gasteiger partial charge >= 0.3 is 0 Å². The highest BCUT2D eigenvalue weighted by Crippen LogP contribution is 2.12. The van der Waals surface area contributed by atoms with Crippen molar-refractivity contribution >= 4 is 5.91 Å². The summed E-state index contributed by atoms with van der Waals surface area (Å²) in [5, 5.41) is 2.94. The lowest BCUT2D eigenvalue weighted by Gasteiger charge is -2.26. The van der Waals surface area contributed by atoms with Gasteiger partial charge < -0.3 is 27.2 Å². The van der Waals surface area contributed by atoms with E-state index in [-0.39, 0.29) is 18.3 Å². The third kappa shape index (κ3) is 5.91. The van der Waals surface area contributed by atoms with E-state index >= 15 is 0 Å². The van der Waals surface area contributed by atoms with E-state index in [4.69, 9.17) is 9.47 Å². The van der Waals surface area contributed by atoms with Gasteiger partial charge in [-0.2, -0.15) is 0 Å². The van der Waals surface area contributed by atoms with Crippen molar-refractivity contribution in [1.29, 1.82) is 0 Å². The number of nitrogens with zero attached hydrogens (tertiary/aromatic N) is 1. The molecule has 0 saturated carbocycles. The Bertz CT molecular complexity index is 437. The Labute approximate surface area is 132 Å². The fourth-order valence-electron chi connectivity index (χ4n) is 2.20. The molecule has 6 heteroatoms. The number of benzene rings is 1. The molecule has 1 N–H and O–H groups in total. The molecule has 1 aliphatic rings. The fraction of sp³-hybridized carbons (Fsp3) is 0.533. The lowest BCUT2D eigenvalue weighted by atomic mass is 10.2. The highest BCUT2D eigenvalue weighted by atomic mass is 35.5. The van der Waals surface area contributed by atoms with Gasteiger partial charge in [-0.3, -0.25) is 9.69 Å². The second kappa shape index (κ2) is 9.60. The van der Waals surface area contributed by atoms with Crippen LogP contribution in [0.15, 0.2) is 24.3 Å². The maximum Gasteiger partial charge on any atom is 0.251 e. The fourth-order valence-corrected chi connectivity index (χ4v) is 2.20. The Morgan fingerprint density at radius 2 is 2.14 bits per heavy atom. The van der Waals surface area contributed by atoms with Gasteiger partial charge in [0, 0.05) is 25.2 Å². The highest BCUT2D eigenvalue weighted by Gasteiger charge is 2.10. The first kappa shape index (κ1) is 17.8. The van der Waals surface area contributed by atoms with Gasteiger partial charge in [0.05, 0.1) is 20.3 Å². The van der Waals surface area contributed by atoms with E-state index in [2.05, 4.69) is 10.2 Å². The molecule has 0 bridgehead atoms. The minimum Gasteiger partial charge on any atom is -1.00 e. The lowest BCUT2D eigenvalue weighted by molar-refractivity contribution is -0.0000140. The van der Waals surface area contributed by atoms with Gasteiger partial charge in [0.1, 0.15) is 5.75 Å². The van der Waals surface area contributed by atoms with Crippen LogP contribution in [-0.2, 0) is 4.74 Å². The number of amides is 1. The van der Waals surface area contributed by atoms with E-state index in [0.29, 0.717) is 17.9 Å². The highest BCUT2D eigenvalue weighted by molar-refractivity contribution is 5.94. The third-order valence-corrected chi connectivity index (χ3v) is 3.37. The summed E-state index contributed by atoms with van der Waals surface area (Å²) < 4.78 is 10.4. The maximum atomic E-state index is 12.0. The van der Waals surface area contributed by atoms with Crippen molar-refractivity contribution in [2.75, 3.05) is 46.5 Å². The molecule has 0 radical (unpaired) electrons. The number of methoxy groups -OCH3 is 1. The largest absolute Gasteiger partial charge is 1.00 e. The number of carbonyl (C=O) groups is 1. The van der Waals surface area contributed by atoms with E-state index in [1.54, 1.807) is 19.2 Å². The molecule has 2 rings (SSSR count). The van der Waals surface area contributed by atoms with Gasteiger partial charge in [-0.15, -0.1) is 0 Å². The molecule has 0 aromatic heterocycles. The SMILES string of the molecule is COc1cccc(C(=O)NCCCN2CCOCC2)c1.[Cl-]. The predicted octanol–water partition coefficient (Wildman–Crippen LogP) is -1.85. The van der Waals surface area contributed by atoms with E-state index in [9.17, 15) is 4.79 Å². The number of ether oxygens (including phenoxy) is 2. The van der Waals surface area contributed by atoms with E-state index in [1.807, 2.05) is 12.1 Å². The van der Waals surface area contributed by atoms with Crippen molar-refractivity contribution in [1.82, 2.24) is 10.2 Å². The van der Waals surface area contributed by atoms with Crippen molar-refractivity contribution < 1.29 is 26.7 Å². The molecule has 1 aromatic rings. The van der Waals surface area contributed by atoms with Crippen LogP contribution >= 0.6 is 0 Å². The number of hydrogen-bond donors (Lipinski definition) is 1. The topological polar surface area (TPSA) is 50.8 Å². The molecular weight excluding hydrogens is 292 g/mol. The molecule has 118 valence electrons. The van der Waals surface area contributed by atoms with Crippen LogP contribution in [0.3, 0.4) is 0 Å². The summed E-state index contributed by atoms with van der Waals surface area (Å²) in [5.74, 6) is 0.650. The van der Waals surface area contributed by atoms with E-state index in [0.717, 1.165) is 39.3 Å². The van der Waals surface area contributed by atoms with E-state index < -0.39 is 0 Å². The van der Waals surface area contributed by atoms with Crippen molar-refractivity contribution in [3.8, 4) is 5.75 Å². The summed E-state index contributed by atoms with van der Waals surface area (Å²) in [6.07, 6.45) is 0.954.